The number of hydrogen-bond donors (Lipinski definition) is 6. The van der Waals surface area contributed by atoms with Crippen molar-refractivity contribution in [3.05, 3.63) is 29.8 Å². The molecule has 0 radical (unpaired) electrons. The molecule has 2 fully saturated rings. The smallest absolute Gasteiger partial charge is 0.335 e. The van der Waals surface area contributed by atoms with E-state index in [4.69, 9.17) is 10.8 Å². The van der Waals surface area contributed by atoms with Gasteiger partial charge >= 0.3 is 5.97 Å². The number of carbonyl (C=O) groups excluding carboxylic acids is 1. The maximum Gasteiger partial charge on any atom is 0.335 e. The van der Waals surface area contributed by atoms with Crippen molar-refractivity contribution in [1.29, 1.82) is 0 Å². The molecule has 0 aromatic heterocycles. The molecule has 2 saturated heterocycles. The second kappa shape index (κ2) is 6.73. The zero-order valence-corrected chi connectivity index (χ0v) is 13.3. The van der Waals surface area contributed by atoms with Crippen molar-refractivity contribution >= 4 is 17.6 Å². The minimum atomic E-state index is -0.942. The van der Waals surface area contributed by atoms with Crippen molar-refractivity contribution < 1.29 is 14.7 Å². The molecule has 9 nitrogen and oxygen atoms in total. The van der Waals surface area contributed by atoms with Crippen LogP contribution in [-0.4, -0.2) is 61.7 Å². The van der Waals surface area contributed by atoms with Gasteiger partial charge in [0.15, 0.2) is 0 Å². The maximum atomic E-state index is 12.0. The van der Waals surface area contributed by atoms with E-state index in [1.54, 1.807) is 24.3 Å². The van der Waals surface area contributed by atoms with Gasteiger partial charge in [0.2, 0.25) is 5.91 Å². The van der Waals surface area contributed by atoms with Crippen LogP contribution in [0.3, 0.4) is 0 Å². The minimum absolute atomic E-state index is 0.0669. The Morgan fingerprint density at radius 2 is 2.04 bits per heavy atom. The molecule has 24 heavy (non-hydrogen) atoms. The van der Waals surface area contributed by atoms with E-state index in [0.29, 0.717) is 13.1 Å². The van der Waals surface area contributed by atoms with Gasteiger partial charge < -0.3 is 15.3 Å². The molecule has 4 unspecified atom stereocenters. The lowest BCUT2D eigenvalue weighted by Gasteiger charge is -2.43. The first kappa shape index (κ1) is 16.7. The molecule has 1 aromatic rings. The maximum absolute atomic E-state index is 12.0. The third-order valence-corrected chi connectivity index (χ3v) is 4.32. The van der Waals surface area contributed by atoms with Crippen molar-refractivity contribution in [3.8, 4) is 0 Å². The highest BCUT2D eigenvalue weighted by atomic mass is 16.4. The molecular weight excluding hydrogens is 312 g/mol. The molecule has 0 aliphatic carbocycles. The van der Waals surface area contributed by atoms with E-state index in [2.05, 4.69) is 21.3 Å². The molecule has 2 aliphatic heterocycles. The fourth-order valence-corrected chi connectivity index (χ4v) is 3.07. The third-order valence-electron chi connectivity index (χ3n) is 4.32. The number of fused-ring (bicyclic) bond motifs is 1. The van der Waals surface area contributed by atoms with Gasteiger partial charge in [-0.1, -0.05) is 0 Å². The molecule has 9 heteroatoms. The van der Waals surface area contributed by atoms with Crippen LogP contribution in [0.2, 0.25) is 0 Å². The fraction of sp³-hybridized carbons (Fsp3) is 0.467. The van der Waals surface area contributed by atoms with Gasteiger partial charge in [0.1, 0.15) is 12.3 Å². The highest BCUT2D eigenvalue weighted by molar-refractivity contribution is 5.88. The summed E-state index contributed by atoms with van der Waals surface area (Å²) in [7, 11) is 1.93. The van der Waals surface area contributed by atoms with Crippen molar-refractivity contribution in [2.45, 2.75) is 24.5 Å². The van der Waals surface area contributed by atoms with Crippen LogP contribution in [0.4, 0.5) is 5.69 Å². The van der Waals surface area contributed by atoms with E-state index >= 15 is 0 Å². The van der Waals surface area contributed by atoms with Crippen LogP contribution in [0.5, 0.6) is 0 Å². The van der Waals surface area contributed by atoms with E-state index in [1.807, 2.05) is 11.9 Å². The molecule has 2 aliphatic rings. The van der Waals surface area contributed by atoms with E-state index in [-0.39, 0.29) is 29.7 Å². The Labute approximate surface area is 139 Å². The Hall–Kier alpha value is -2.20. The quantitative estimate of drug-likeness (QED) is 0.374. The number of nitrogens with zero attached hydrogens (tertiary/aromatic N) is 1. The van der Waals surface area contributed by atoms with Crippen LogP contribution >= 0.6 is 0 Å². The van der Waals surface area contributed by atoms with Crippen molar-refractivity contribution in [1.82, 2.24) is 21.3 Å². The molecule has 4 atom stereocenters. The number of benzene rings is 1. The first-order valence-electron chi connectivity index (χ1n) is 7.80. The van der Waals surface area contributed by atoms with Gasteiger partial charge in [-0.05, 0) is 24.3 Å². The number of carboxylic acids is 1. The van der Waals surface area contributed by atoms with Crippen molar-refractivity contribution in [3.63, 3.8) is 0 Å². The molecule has 3 rings (SSSR count). The largest absolute Gasteiger partial charge is 0.478 e. The van der Waals surface area contributed by atoms with Gasteiger partial charge in [0, 0.05) is 31.9 Å². The molecule has 130 valence electrons. The van der Waals surface area contributed by atoms with Crippen molar-refractivity contribution in [2.24, 2.45) is 5.73 Å². The zero-order chi connectivity index (χ0) is 17.3. The lowest BCUT2D eigenvalue weighted by Crippen LogP contribution is -2.78. The standard InChI is InChI=1S/C15H22N6O3/c1-21(10-4-2-8(3-5-10)14(23)24)7-9-6-17-12-11(18-9)13(22)20-15(16)19-12/h2-5,9,11-12,15,17-19H,6-7,16H2,1H3,(H,20,22)(H,23,24). The van der Waals surface area contributed by atoms with Gasteiger partial charge in [0.05, 0.1) is 11.7 Å². The number of amides is 1. The Morgan fingerprint density at radius 1 is 1.33 bits per heavy atom. The fourth-order valence-electron chi connectivity index (χ4n) is 3.07. The minimum Gasteiger partial charge on any atom is -0.478 e. The van der Waals surface area contributed by atoms with E-state index < -0.39 is 12.3 Å². The van der Waals surface area contributed by atoms with Gasteiger partial charge in [-0.2, -0.15) is 0 Å². The number of nitrogens with one attached hydrogen (secondary N) is 4. The average molecular weight is 334 g/mol. The molecular formula is C15H22N6O3. The third kappa shape index (κ3) is 3.49. The summed E-state index contributed by atoms with van der Waals surface area (Å²) in [6, 6.07) is 6.39. The molecule has 0 bridgehead atoms. The molecule has 1 amide bonds. The Morgan fingerprint density at radius 3 is 2.71 bits per heavy atom. The molecule has 1 aromatic carbocycles. The topological polar surface area (TPSA) is 132 Å². The first-order valence-corrected chi connectivity index (χ1v) is 7.80. The Bertz CT molecular complexity index is 622. The number of anilines is 1. The SMILES string of the molecule is CN(CC1CNC2NC(N)NC(=O)C2N1)c1ccc(C(=O)O)cc1. The highest BCUT2D eigenvalue weighted by Crippen LogP contribution is 2.15. The summed E-state index contributed by atoms with van der Waals surface area (Å²) < 4.78 is 0. The number of rotatable bonds is 4. The van der Waals surface area contributed by atoms with Crippen LogP contribution in [0.15, 0.2) is 24.3 Å². The number of piperazine rings is 1. The van der Waals surface area contributed by atoms with Crippen LogP contribution in [0, 0.1) is 0 Å². The summed E-state index contributed by atoms with van der Waals surface area (Å²) in [4.78, 5) is 25.0. The lowest BCUT2D eigenvalue weighted by atomic mass is 10.1. The highest BCUT2D eigenvalue weighted by Gasteiger charge is 2.39. The van der Waals surface area contributed by atoms with Crippen LogP contribution in [0.1, 0.15) is 10.4 Å². The van der Waals surface area contributed by atoms with Gasteiger partial charge in [0.25, 0.3) is 0 Å². The van der Waals surface area contributed by atoms with Gasteiger partial charge in [-0.15, -0.1) is 0 Å². The average Bonchev–Trinajstić information content (AvgIpc) is 2.55. The summed E-state index contributed by atoms with van der Waals surface area (Å²) in [6.45, 7) is 1.35. The summed E-state index contributed by atoms with van der Waals surface area (Å²) >= 11 is 0. The second-order valence-electron chi connectivity index (χ2n) is 6.11. The molecule has 2 heterocycles. The zero-order valence-electron chi connectivity index (χ0n) is 13.3. The monoisotopic (exact) mass is 334 g/mol. The molecule has 0 spiro atoms. The molecule has 7 N–H and O–H groups in total. The van der Waals surface area contributed by atoms with E-state index in [9.17, 15) is 9.59 Å². The number of aromatic carboxylic acids is 1. The number of carbonyl (C=O) groups is 2. The Balaban J connectivity index is 1.60. The second-order valence-corrected chi connectivity index (χ2v) is 6.11. The van der Waals surface area contributed by atoms with Crippen molar-refractivity contribution in [2.75, 3.05) is 25.0 Å². The summed E-state index contributed by atoms with van der Waals surface area (Å²) in [5.74, 6) is -1.07. The number of hydrogen-bond acceptors (Lipinski definition) is 7. The van der Waals surface area contributed by atoms with Gasteiger partial charge in [-0.25, -0.2) is 4.79 Å². The van der Waals surface area contributed by atoms with Crippen LogP contribution in [0.25, 0.3) is 0 Å². The summed E-state index contributed by atoms with van der Waals surface area (Å²) in [6.07, 6.45) is -0.731. The van der Waals surface area contributed by atoms with E-state index in [0.717, 1.165) is 5.69 Å². The summed E-state index contributed by atoms with van der Waals surface area (Å²) in [5.41, 5.74) is 6.87. The first-order chi connectivity index (χ1) is 11.4. The lowest BCUT2D eigenvalue weighted by molar-refractivity contribution is -0.128. The van der Waals surface area contributed by atoms with Crippen LogP contribution < -0.4 is 31.9 Å². The predicted molar refractivity (Wildman–Crippen MR) is 88.4 cm³/mol. The summed E-state index contributed by atoms with van der Waals surface area (Å²) in [5, 5.41) is 21.3. The predicted octanol–water partition coefficient (Wildman–Crippen LogP) is -1.96. The number of nitrogens with two attached hydrogens (primary N) is 1. The number of carboxylic acid groups (broad SMARTS) is 1. The Kier molecular flexibility index (Phi) is 4.67. The van der Waals surface area contributed by atoms with E-state index in [1.165, 1.54) is 0 Å². The normalized spacial score (nSPS) is 29.5. The van der Waals surface area contributed by atoms with Gasteiger partial charge in [-0.3, -0.25) is 26.5 Å². The molecule has 0 saturated carbocycles. The van der Waals surface area contributed by atoms with Crippen LogP contribution in [-0.2, 0) is 4.79 Å². The number of likely N-dealkylation sites (N-methyl/N-ethyl adjacent to an activating group) is 1.